The first-order valence-electron chi connectivity index (χ1n) is 9.26. The summed E-state index contributed by atoms with van der Waals surface area (Å²) < 4.78 is 0. The number of aliphatic hydroxyl groups is 4. The molecule has 4 N–H and O–H groups in total. The van der Waals surface area contributed by atoms with Crippen molar-refractivity contribution in [2.24, 2.45) is 4.99 Å². The van der Waals surface area contributed by atoms with E-state index in [1.54, 1.807) is 0 Å². The molecule has 1 rings (SSSR count). The van der Waals surface area contributed by atoms with Crippen LogP contribution in [0.2, 0.25) is 0 Å². The van der Waals surface area contributed by atoms with Crippen LogP contribution in [-0.2, 0) is 4.79 Å². The minimum atomic E-state index is -0.968. The third kappa shape index (κ3) is 7.83. The second-order valence-electron chi connectivity index (χ2n) is 6.65. The second kappa shape index (κ2) is 12.5. The molecular formula is C18H33NO5. The largest absolute Gasteiger partial charge is 0.396 e. The number of rotatable bonds is 14. The number of hydrogen-bond donors (Lipinski definition) is 4. The summed E-state index contributed by atoms with van der Waals surface area (Å²) in [6, 6.07) is -0.574. The van der Waals surface area contributed by atoms with E-state index in [-0.39, 0.29) is 19.0 Å². The highest BCUT2D eigenvalue weighted by Crippen LogP contribution is 2.19. The van der Waals surface area contributed by atoms with Gasteiger partial charge in [-0.3, -0.25) is 9.79 Å². The molecule has 0 aromatic rings. The zero-order chi connectivity index (χ0) is 17.8. The van der Waals surface area contributed by atoms with Gasteiger partial charge in [0.15, 0.2) is 0 Å². The molecule has 0 aromatic carbocycles. The zero-order valence-electron chi connectivity index (χ0n) is 14.6. The zero-order valence-corrected chi connectivity index (χ0v) is 14.6. The lowest BCUT2D eigenvalue weighted by Crippen LogP contribution is -2.35. The number of aliphatic hydroxyl groups excluding tert-OH is 4. The number of unbranched alkanes of at least 4 members (excludes halogenated alkanes) is 6. The average molecular weight is 343 g/mol. The third-order valence-corrected chi connectivity index (χ3v) is 4.58. The Labute approximate surface area is 144 Å². The van der Waals surface area contributed by atoms with E-state index in [1.165, 1.54) is 0 Å². The van der Waals surface area contributed by atoms with Gasteiger partial charge >= 0.3 is 0 Å². The molecule has 3 atom stereocenters. The van der Waals surface area contributed by atoms with Crippen molar-refractivity contribution in [2.75, 3.05) is 13.2 Å². The van der Waals surface area contributed by atoms with Crippen molar-refractivity contribution in [3.8, 4) is 0 Å². The van der Waals surface area contributed by atoms with Crippen LogP contribution in [0.3, 0.4) is 0 Å². The lowest BCUT2D eigenvalue weighted by Gasteiger charge is -2.13. The van der Waals surface area contributed by atoms with Crippen LogP contribution in [0, 0.1) is 0 Å². The van der Waals surface area contributed by atoms with Crippen LogP contribution in [0.1, 0.15) is 70.6 Å². The number of aliphatic imine (C=N–C) groups is 1. The van der Waals surface area contributed by atoms with Gasteiger partial charge in [-0.05, 0) is 25.7 Å². The molecule has 1 aliphatic heterocycles. The summed E-state index contributed by atoms with van der Waals surface area (Å²) >= 11 is 0. The normalized spacial score (nSPS) is 23.5. The maximum Gasteiger partial charge on any atom is 0.132 e. The van der Waals surface area contributed by atoms with Gasteiger partial charge in [-0.15, -0.1) is 0 Å². The standard InChI is InChI=1S/C18H33NO5/c20-12-8-10-14(22)9-6-4-2-1-3-5-7-11-15-17(23)18(24)16(13-21)19-15/h16-18,20-21,23-24H,1-13H2/t16-,17-,18-/m0/s1. The minimum absolute atomic E-state index is 0.0921. The van der Waals surface area contributed by atoms with E-state index in [1.807, 2.05) is 0 Å². The topological polar surface area (TPSA) is 110 Å². The molecule has 0 spiro atoms. The monoisotopic (exact) mass is 343 g/mol. The maximum atomic E-state index is 11.4. The van der Waals surface area contributed by atoms with Gasteiger partial charge < -0.3 is 20.4 Å². The van der Waals surface area contributed by atoms with Gasteiger partial charge in [0.25, 0.3) is 0 Å². The Balaban J connectivity index is 1.95. The molecule has 0 radical (unpaired) electrons. The maximum absolute atomic E-state index is 11.4. The Bertz CT molecular complexity index is 386. The van der Waals surface area contributed by atoms with Gasteiger partial charge in [0.2, 0.25) is 0 Å². The molecule has 0 unspecified atom stereocenters. The molecule has 0 saturated carbocycles. The van der Waals surface area contributed by atoms with Crippen molar-refractivity contribution in [3.05, 3.63) is 0 Å². The highest BCUT2D eigenvalue weighted by molar-refractivity contribution is 5.91. The van der Waals surface area contributed by atoms with E-state index < -0.39 is 18.2 Å². The molecule has 1 aliphatic rings. The van der Waals surface area contributed by atoms with Crippen molar-refractivity contribution < 1.29 is 25.2 Å². The number of Topliss-reactive ketones (excluding diaryl/α,β-unsaturated/α-hetero) is 1. The quantitative estimate of drug-likeness (QED) is 0.356. The van der Waals surface area contributed by atoms with E-state index in [0.29, 0.717) is 31.4 Å². The molecule has 0 fully saturated rings. The lowest BCUT2D eigenvalue weighted by atomic mass is 10.0. The molecule has 0 bridgehead atoms. The number of hydrogen-bond acceptors (Lipinski definition) is 6. The Morgan fingerprint density at radius 3 is 2.04 bits per heavy atom. The molecule has 0 aromatic heterocycles. The molecule has 0 amide bonds. The summed E-state index contributed by atoms with van der Waals surface area (Å²) in [5.74, 6) is 0.253. The summed E-state index contributed by atoms with van der Waals surface area (Å²) in [4.78, 5) is 15.6. The van der Waals surface area contributed by atoms with Crippen LogP contribution in [0.25, 0.3) is 0 Å². The van der Waals surface area contributed by atoms with Gasteiger partial charge in [-0.1, -0.05) is 32.1 Å². The predicted octanol–water partition coefficient (Wildman–Crippen LogP) is 1.38. The number of carbonyl (C=O) groups is 1. The van der Waals surface area contributed by atoms with Crippen molar-refractivity contribution in [3.63, 3.8) is 0 Å². The SMILES string of the molecule is O=C(CCCO)CCCCCCCCCC1=N[C@@H](CO)[C@H](O)[C@H]1O. The van der Waals surface area contributed by atoms with E-state index in [0.717, 1.165) is 44.9 Å². The Hall–Kier alpha value is -0.820. The van der Waals surface area contributed by atoms with Gasteiger partial charge in [0.1, 0.15) is 24.0 Å². The lowest BCUT2D eigenvalue weighted by molar-refractivity contribution is -0.119. The Morgan fingerprint density at radius 1 is 0.875 bits per heavy atom. The summed E-state index contributed by atoms with van der Waals surface area (Å²) in [7, 11) is 0. The average Bonchev–Trinajstić information content (AvgIpc) is 2.86. The third-order valence-electron chi connectivity index (χ3n) is 4.58. The summed E-state index contributed by atoms with van der Waals surface area (Å²) in [6.07, 6.45) is 7.87. The predicted molar refractivity (Wildman–Crippen MR) is 93.2 cm³/mol. The van der Waals surface area contributed by atoms with E-state index in [2.05, 4.69) is 4.99 Å². The van der Waals surface area contributed by atoms with Gasteiger partial charge in [0, 0.05) is 25.2 Å². The second-order valence-corrected chi connectivity index (χ2v) is 6.65. The van der Waals surface area contributed by atoms with Crippen molar-refractivity contribution in [2.45, 2.75) is 88.9 Å². The van der Waals surface area contributed by atoms with Crippen molar-refractivity contribution in [1.82, 2.24) is 0 Å². The number of ketones is 1. The van der Waals surface area contributed by atoms with Crippen LogP contribution >= 0.6 is 0 Å². The van der Waals surface area contributed by atoms with Crippen LogP contribution in [0.5, 0.6) is 0 Å². The molecule has 0 saturated heterocycles. The fourth-order valence-corrected chi connectivity index (χ4v) is 3.05. The van der Waals surface area contributed by atoms with E-state index in [4.69, 9.17) is 10.2 Å². The van der Waals surface area contributed by atoms with Crippen LogP contribution in [-0.4, -0.2) is 63.4 Å². The van der Waals surface area contributed by atoms with E-state index >= 15 is 0 Å². The highest BCUT2D eigenvalue weighted by atomic mass is 16.3. The van der Waals surface area contributed by atoms with Gasteiger partial charge in [-0.25, -0.2) is 0 Å². The van der Waals surface area contributed by atoms with Gasteiger partial charge in [0.05, 0.1) is 6.61 Å². The molecular weight excluding hydrogens is 310 g/mol. The van der Waals surface area contributed by atoms with Crippen LogP contribution in [0.15, 0.2) is 4.99 Å². The molecule has 24 heavy (non-hydrogen) atoms. The van der Waals surface area contributed by atoms with Crippen molar-refractivity contribution in [1.29, 1.82) is 0 Å². The molecule has 6 nitrogen and oxygen atoms in total. The molecule has 1 heterocycles. The fourth-order valence-electron chi connectivity index (χ4n) is 3.05. The summed E-state index contributed by atoms with van der Waals surface area (Å²) in [5, 5.41) is 37.2. The first-order valence-corrected chi connectivity index (χ1v) is 9.26. The van der Waals surface area contributed by atoms with Crippen LogP contribution < -0.4 is 0 Å². The number of nitrogens with zero attached hydrogens (tertiary/aromatic N) is 1. The Kier molecular flexibility index (Phi) is 11.1. The van der Waals surface area contributed by atoms with Crippen LogP contribution in [0.4, 0.5) is 0 Å². The first kappa shape index (κ1) is 21.2. The molecule has 140 valence electrons. The highest BCUT2D eigenvalue weighted by Gasteiger charge is 2.35. The summed E-state index contributed by atoms with van der Waals surface area (Å²) in [5.41, 5.74) is 0.614. The van der Waals surface area contributed by atoms with Gasteiger partial charge in [-0.2, -0.15) is 0 Å². The molecule has 0 aliphatic carbocycles. The first-order chi connectivity index (χ1) is 11.6. The Morgan fingerprint density at radius 2 is 1.46 bits per heavy atom. The molecule has 6 heteroatoms. The van der Waals surface area contributed by atoms with E-state index in [9.17, 15) is 15.0 Å². The smallest absolute Gasteiger partial charge is 0.132 e. The fraction of sp³-hybridized carbons (Fsp3) is 0.889. The van der Waals surface area contributed by atoms with Crippen molar-refractivity contribution >= 4 is 11.5 Å². The number of carbonyl (C=O) groups excluding carboxylic acids is 1. The summed E-state index contributed by atoms with van der Waals surface area (Å²) in [6.45, 7) is -0.140. The minimum Gasteiger partial charge on any atom is -0.396 e.